The topological polar surface area (TPSA) is 81.4 Å². The van der Waals surface area contributed by atoms with Crippen LogP contribution < -0.4 is 5.43 Å². The van der Waals surface area contributed by atoms with Crippen molar-refractivity contribution in [2.24, 2.45) is 5.16 Å². The van der Waals surface area contributed by atoms with Gasteiger partial charge < -0.3 is 4.84 Å². The van der Waals surface area contributed by atoms with Crippen LogP contribution in [0.5, 0.6) is 0 Å². The zero-order valence-electron chi connectivity index (χ0n) is 13.7. The summed E-state index contributed by atoms with van der Waals surface area (Å²) in [4.78, 5) is 17.1. The molecule has 1 aromatic heterocycles. The average molecular weight is 365 g/mol. The molecule has 130 valence electrons. The molecule has 0 saturated carbocycles. The summed E-state index contributed by atoms with van der Waals surface area (Å²) in [5, 5.41) is 13.1. The van der Waals surface area contributed by atoms with Crippen LogP contribution in [0.3, 0.4) is 0 Å². The molecule has 0 unspecified atom stereocenters. The largest absolute Gasteiger partial charge is 0.387 e. The Morgan fingerprint density at radius 1 is 1.08 bits per heavy atom. The summed E-state index contributed by atoms with van der Waals surface area (Å²) in [6, 6.07) is 19.6. The van der Waals surface area contributed by atoms with Crippen molar-refractivity contribution in [1.82, 2.24) is 14.9 Å². The van der Waals surface area contributed by atoms with E-state index in [1.165, 1.54) is 16.4 Å². The Morgan fingerprint density at radius 2 is 1.73 bits per heavy atom. The number of benzene rings is 2. The highest BCUT2D eigenvalue weighted by molar-refractivity contribution is 7.99. The van der Waals surface area contributed by atoms with Crippen molar-refractivity contribution >= 4 is 23.4 Å². The Balaban J connectivity index is 1.57. The molecular formula is C18H15N5O2S. The van der Waals surface area contributed by atoms with Crippen molar-refractivity contribution in [3.8, 4) is 0 Å². The van der Waals surface area contributed by atoms with Gasteiger partial charge in [0.05, 0.1) is 5.75 Å². The number of carbonyl (C=O) groups is 1. The highest BCUT2D eigenvalue weighted by Gasteiger charge is 2.21. The van der Waals surface area contributed by atoms with Gasteiger partial charge in [-0.05, 0) is 0 Å². The third-order valence-corrected chi connectivity index (χ3v) is 4.64. The molecule has 7 nitrogen and oxygen atoms in total. The second kappa shape index (κ2) is 7.40. The molecule has 2 aromatic carbocycles. The van der Waals surface area contributed by atoms with Gasteiger partial charge in [-0.1, -0.05) is 77.6 Å². The maximum absolute atomic E-state index is 11.6. The summed E-state index contributed by atoms with van der Waals surface area (Å²) in [6.45, 7) is 0.0943. The first kappa shape index (κ1) is 16.3. The Kier molecular flexibility index (Phi) is 4.65. The summed E-state index contributed by atoms with van der Waals surface area (Å²) >= 11 is 1.34. The second-order valence-electron chi connectivity index (χ2n) is 5.50. The number of oxime groups is 1. The lowest BCUT2D eigenvalue weighted by Crippen LogP contribution is -2.30. The number of thioether (sulfide) groups is 1. The van der Waals surface area contributed by atoms with E-state index in [4.69, 9.17) is 4.84 Å². The second-order valence-corrected chi connectivity index (χ2v) is 6.45. The normalized spacial score (nSPS) is 12.8. The number of hydrogen-bond donors (Lipinski definition) is 1. The van der Waals surface area contributed by atoms with E-state index in [1.54, 1.807) is 0 Å². The summed E-state index contributed by atoms with van der Waals surface area (Å²) in [7, 11) is 0. The van der Waals surface area contributed by atoms with Gasteiger partial charge in [0, 0.05) is 11.1 Å². The van der Waals surface area contributed by atoms with Crippen LogP contribution in [0.25, 0.3) is 0 Å². The molecular weight excluding hydrogens is 350 g/mol. The highest BCUT2D eigenvalue weighted by Crippen LogP contribution is 2.20. The van der Waals surface area contributed by atoms with Crippen molar-refractivity contribution in [2.75, 3.05) is 11.2 Å². The van der Waals surface area contributed by atoms with Gasteiger partial charge in [0.25, 0.3) is 0 Å². The summed E-state index contributed by atoms with van der Waals surface area (Å²) in [5.74, 6) is 0.731. The average Bonchev–Trinajstić information content (AvgIpc) is 3.09. The van der Waals surface area contributed by atoms with E-state index in [2.05, 4.69) is 20.8 Å². The van der Waals surface area contributed by atoms with Crippen molar-refractivity contribution in [3.63, 3.8) is 0 Å². The lowest BCUT2D eigenvalue weighted by Gasteiger charge is -2.14. The minimum Gasteiger partial charge on any atom is -0.387 e. The molecule has 8 heteroatoms. The van der Waals surface area contributed by atoms with Gasteiger partial charge in [-0.25, -0.2) is 4.68 Å². The van der Waals surface area contributed by atoms with Crippen LogP contribution in [0.1, 0.15) is 17.0 Å². The first-order chi connectivity index (χ1) is 12.8. The third-order valence-electron chi connectivity index (χ3n) is 3.71. The molecule has 1 aliphatic rings. The number of aromatic nitrogens is 3. The maximum Gasteiger partial charge on any atom is 0.249 e. The van der Waals surface area contributed by atoms with Crippen molar-refractivity contribution < 1.29 is 9.63 Å². The Hall–Kier alpha value is -3.13. The molecule has 1 aliphatic heterocycles. The third kappa shape index (κ3) is 3.45. The quantitative estimate of drug-likeness (QED) is 0.555. The fourth-order valence-corrected chi connectivity index (χ4v) is 3.21. The molecule has 0 saturated heterocycles. The Bertz CT molecular complexity index is 899. The number of carbonyl (C=O) groups excluding carboxylic acids is 1. The SMILES string of the molecule is O=C1CSc2nnc(CON=C(c3ccccc3)c3ccccc3)n2N1. The number of nitrogens with zero attached hydrogens (tertiary/aromatic N) is 4. The zero-order valence-corrected chi connectivity index (χ0v) is 14.5. The molecule has 4 rings (SSSR count). The summed E-state index contributed by atoms with van der Waals surface area (Å²) in [5.41, 5.74) is 5.34. The van der Waals surface area contributed by atoms with Gasteiger partial charge in [-0.3, -0.25) is 10.2 Å². The van der Waals surface area contributed by atoms with Crippen molar-refractivity contribution in [2.45, 2.75) is 11.8 Å². The summed E-state index contributed by atoms with van der Waals surface area (Å²) in [6.07, 6.45) is 0. The van der Waals surface area contributed by atoms with Crippen molar-refractivity contribution in [1.29, 1.82) is 0 Å². The van der Waals surface area contributed by atoms with Crippen LogP contribution in [0, 0.1) is 0 Å². The van der Waals surface area contributed by atoms with Gasteiger partial charge in [-0.2, -0.15) is 0 Å². The van der Waals surface area contributed by atoms with Crippen LogP contribution in [0.15, 0.2) is 71.0 Å². The first-order valence-corrected chi connectivity index (χ1v) is 8.97. The van der Waals surface area contributed by atoms with E-state index >= 15 is 0 Å². The molecule has 0 atom stereocenters. The highest BCUT2D eigenvalue weighted by atomic mass is 32.2. The van der Waals surface area contributed by atoms with Gasteiger partial charge in [0.15, 0.2) is 12.4 Å². The minimum absolute atomic E-state index is 0.0943. The van der Waals surface area contributed by atoms with Crippen LogP contribution in [0.2, 0.25) is 0 Å². The zero-order chi connectivity index (χ0) is 17.8. The first-order valence-electron chi connectivity index (χ1n) is 7.99. The molecule has 0 radical (unpaired) electrons. The van der Waals surface area contributed by atoms with E-state index in [-0.39, 0.29) is 12.5 Å². The van der Waals surface area contributed by atoms with Gasteiger partial charge in [0.1, 0.15) is 5.71 Å². The van der Waals surface area contributed by atoms with Crippen LogP contribution >= 0.6 is 11.8 Å². The Labute approximate surface area is 154 Å². The molecule has 1 amide bonds. The molecule has 3 aromatic rings. The number of hydrogen-bond acceptors (Lipinski definition) is 6. The fraction of sp³-hybridized carbons (Fsp3) is 0.111. The molecule has 2 heterocycles. The lowest BCUT2D eigenvalue weighted by atomic mass is 10.0. The van der Waals surface area contributed by atoms with Crippen LogP contribution in [-0.4, -0.2) is 32.2 Å². The Morgan fingerprint density at radius 3 is 2.38 bits per heavy atom. The minimum atomic E-state index is -0.0960. The van der Waals surface area contributed by atoms with Gasteiger partial charge >= 0.3 is 0 Å². The number of nitrogens with one attached hydrogen (secondary N) is 1. The van der Waals surface area contributed by atoms with E-state index in [1.807, 2.05) is 60.7 Å². The predicted octanol–water partition coefficient (Wildman–Crippen LogP) is 2.42. The van der Waals surface area contributed by atoms with Crippen LogP contribution in [0.4, 0.5) is 0 Å². The maximum atomic E-state index is 11.6. The molecule has 0 aliphatic carbocycles. The lowest BCUT2D eigenvalue weighted by molar-refractivity contribution is -0.115. The summed E-state index contributed by atoms with van der Waals surface area (Å²) < 4.78 is 1.54. The van der Waals surface area contributed by atoms with Crippen LogP contribution in [-0.2, 0) is 16.2 Å². The standard InChI is InChI=1S/C18H15N5O2S/c24-16-12-26-18-20-19-15(23(18)21-16)11-25-22-17(13-7-3-1-4-8-13)14-9-5-2-6-10-14/h1-10H,11-12H2,(H,21,24). The van der Waals surface area contributed by atoms with E-state index in [0.717, 1.165) is 16.8 Å². The van der Waals surface area contributed by atoms with E-state index in [9.17, 15) is 4.79 Å². The number of amides is 1. The smallest absolute Gasteiger partial charge is 0.249 e. The predicted molar refractivity (Wildman–Crippen MR) is 98.4 cm³/mol. The van der Waals surface area contributed by atoms with Gasteiger partial charge in [-0.15, -0.1) is 10.2 Å². The number of fused-ring (bicyclic) bond motifs is 1. The van der Waals surface area contributed by atoms with E-state index in [0.29, 0.717) is 16.7 Å². The molecule has 26 heavy (non-hydrogen) atoms. The fourth-order valence-electron chi connectivity index (χ4n) is 2.51. The molecule has 1 N–H and O–H groups in total. The van der Waals surface area contributed by atoms with Crippen molar-refractivity contribution in [3.05, 3.63) is 77.6 Å². The van der Waals surface area contributed by atoms with E-state index < -0.39 is 0 Å². The molecule has 0 bridgehead atoms. The van der Waals surface area contributed by atoms with Gasteiger partial charge in [0.2, 0.25) is 11.1 Å². The molecule has 0 spiro atoms. The monoisotopic (exact) mass is 365 g/mol. The number of rotatable bonds is 5. The molecule has 0 fully saturated rings.